The number of hydrogen-bond donors (Lipinski definition) is 1. The Balaban J connectivity index is 0.00000112. The second kappa shape index (κ2) is 4.47. The molecular weight excluding hydrogens is 237 g/mol. The second-order valence-corrected chi connectivity index (χ2v) is 3.17. The summed E-state index contributed by atoms with van der Waals surface area (Å²) in [5.74, 6) is -0.960. The van der Waals surface area contributed by atoms with Crippen LogP contribution in [0.5, 0.6) is 0 Å². The van der Waals surface area contributed by atoms with Gasteiger partial charge in [0.15, 0.2) is 0 Å². The molecule has 1 heterocycles. The average molecular weight is 244 g/mol. The van der Waals surface area contributed by atoms with Crippen molar-refractivity contribution in [1.29, 1.82) is 0 Å². The van der Waals surface area contributed by atoms with Gasteiger partial charge in [-0.2, -0.15) is 0 Å². The van der Waals surface area contributed by atoms with Crippen LogP contribution in [0, 0.1) is 0 Å². The summed E-state index contributed by atoms with van der Waals surface area (Å²) in [6, 6.07) is 6.59. The molecule has 0 aliphatic rings. The van der Waals surface area contributed by atoms with Crippen LogP contribution >= 0.6 is 24.0 Å². The molecule has 0 fully saturated rings. The van der Waals surface area contributed by atoms with Crippen molar-refractivity contribution in [3.05, 3.63) is 41.2 Å². The molecule has 1 N–H and O–H groups in total. The minimum atomic E-state index is -0.960. The average Bonchev–Trinajstić information content (AvgIpc) is 2.17. The van der Waals surface area contributed by atoms with Gasteiger partial charge in [0.1, 0.15) is 5.15 Å². The first-order chi connectivity index (χ1) is 6.70. The van der Waals surface area contributed by atoms with Crippen LogP contribution in [0.3, 0.4) is 0 Å². The Morgan fingerprint density at radius 3 is 2.67 bits per heavy atom. The molecule has 0 atom stereocenters. The van der Waals surface area contributed by atoms with Crippen LogP contribution in [0.15, 0.2) is 30.5 Å². The molecule has 78 valence electrons. The summed E-state index contributed by atoms with van der Waals surface area (Å²) in [5.41, 5.74) is 0.242. The van der Waals surface area contributed by atoms with E-state index in [-0.39, 0.29) is 18.0 Å². The Morgan fingerprint density at radius 1 is 1.27 bits per heavy atom. The first kappa shape index (κ1) is 11.8. The van der Waals surface area contributed by atoms with E-state index in [0.717, 1.165) is 0 Å². The number of carboxylic acids is 1. The van der Waals surface area contributed by atoms with Gasteiger partial charge in [0.25, 0.3) is 0 Å². The number of nitrogens with zero attached hydrogens (tertiary/aromatic N) is 1. The van der Waals surface area contributed by atoms with Crippen molar-refractivity contribution in [3.8, 4) is 0 Å². The summed E-state index contributed by atoms with van der Waals surface area (Å²) < 4.78 is 0. The number of fused-ring (bicyclic) bond motifs is 1. The lowest BCUT2D eigenvalue weighted by molar-refractivity contribution is 0.0699. The molecule has 3 nitrogen and oxygen atoms in total. The van der Waals surface area contributed by atoms with Crippen molar-refractivity contribution < 1.29 is 9.90 Å². The highest BCUT2D eigenvalue weighted by Crippen LogP contribution is 2.23. The third-order valence-electron chi connectivity index (χ3n) is 1.99. The molecule has 0 amide bonds. The lowest BCUT2D eigenvalue weighted by atomic mass is 10.1. The molecule has 2 rings (SSSR count). The molecule has 0 radical (unpaired) electrons. The molecule has 0 unspecified atom stereocenters. The molecule has 1 aromatic carbocycles. The summed E-state index contributed by atoms with van der Waals surface area (Å²) in [6.07, 6.45) is 1.50. The van der Waals surface area contributed by atoms with Gasteiger partial charge in [0, 0.05) is 17.0 Å². The maximum absolute atomic E-state index is 10.9. The number of rotatable bonds is 1. The molecular formula is C10H7Cl2NO2. The predicted molar refractivity (Wildman–Crippen MR) is 61.0 cm³/mol. The summed E-state index contributed by atoms with van der Waals surface area (Å²) in [5, 5.41) is 10.5. The van der Waals surface area contributed by atoms with Crippen molar-refractivity contribution in [3.63, 3.8) is 0 Å². The number of aromatic carboxylic acids is 1. The fourth-order valence-corrected chi connectivity index (χ4v) is 1.58. The quantitative estimate of drug-likeness (QED) is 0.784. The van der Waals surface area contributed by atoms with E-state index in [0.29, 0.717) is 15.9 Å². The molecule has 1 aromatic heterocycles. The highest BCUT2D eigenvalue weighted by molar-refractivity contribution is 6.34. The van der Waals surface area contributed by atoms with E-state index >= 15 is 0 Å². The first-order valence-corrected chi connectivity index (χ1v) is 4.34. The Morgan fingerprint density at radius 2 is 2.00 bits per heavy atom. The van der Waals surface area contributed by atoms with Gasteiger partial charge in [-0.3, -0.25) is 0 Å². The molecule has 2 aromatic rings. The molecule has 0 aliphatic carbocycles. The first-order valence-electron chi connectivity index (χ1n) is 3.96. The normalized spacial score (nSPS) is 9.67. The van der Waals surface area contributed by atoms with Crippen LogP contribution in [0.2, 0.25) is 5.15 Å². The van der Waals surface area contributed by atoms with E-state index in [4.69, 9.17) is 16.7 Å². The molecule has 0 aliphatic heterocycles. The Labute approximate surface area is 97.1 Å². The van der Waals surface area contributed by atoms with E-state index in [1.54, 1.807) is 24.3 Å². The van der Waals surface area contributed by atoms with Crippen molar-refractivity contribution in [1.82, 2.24) is 4.98 Å². The van der Waals surface area contributed by atoms with E-state index in [1.165, 1.54) is 6.20 Å². The minimum absolute atomic E-state index is 0. The van der Waals surface area contributed by atoms with E-state index < -0.39 is 5.97 Å². The highest BCUT2D eigenvalue weighted by atomic mass is 35.5. The molecule has 5 heteroatoms. The zero-order chi connectivity index (χ0) is 10.1. The van der Waals surface area contributed by atoms with Gasteiger partial charge >= 0.3 is 5.97 Å². The van der Waals surface area contributed by atoms with Crippen LogP contribution in [0.4, 0.5) is 0 Å². The molecule has 15 heavy (non-hydrogen) atoms. The molecule has 0 saturated heterocycles. The highest BCUT2D eigenvalue weighted by Gasteiger charge is 2.09. The van der Waals surface area contributed by atoms with E-state index in [1.807, 2.05) is 0 Å². The number of halogens is 2. The lowest BCUT2D eigenvalue weighted by Gasteiger charge is -2.02. The SMILES string of the molecule is Cl.O=C(O)c1cccc2c(Cl)nccc12. The lowest BCUT2D eigenvalue weighted by Crippen LogP contribution is -1.97. The number of aromatic nitrogens is 1. The third kappa shape index (κ3) is 2.03. The Kier molecular flexibility index (Phi) is 3.50. The maximum atomic E-state index is 10.9. The van der Waals surface area contributed by atoms with Crippen molar-refractivity contribution in [2.45, 2.75) is 0 Å². The number of carboxylic acid groups (broad SMARTS) is 1. The summed E-state index contributed by atoms with van der Waals surface area (Å²) >= 11 is 5.83. The van der Waals surface area contributed by atoms with E-state index in [2.05, 4.69) is 4.98 Å². The third-order valence-corrected chi connectivity index (χ3v) is 2.29. The number of benzene rings is 1. The fourth-order valence-electron chi connectivity index (χ4n) is 1.36. The zero-order valence-corrected chi connectivity index (χ0v) is 9.05. The van der Waals surface area contributed by atoms with Crippen LogP contribution in [-0.2, 0) is 0 Å². The topological polar surface area (TPSA) is 50.2 Å². The molecule has 0 bridgehead atoms. The monoisotopic (exact) mass is 243 g/mol. The summed E-state index contributed by atoms with van der Waals surface area (Å²) in [7, 11) is 0. The largest absolute Gasteiger partial charge is 0.478 e. The maximum Gasteiger partial charge on any atom is 0.336 e. The van der Waals surface area contributed by atoms with Gasteiger partial charge in [-0.25, -0.2) is 9.78 Å². The number of hydrogen-bond acceptors (Lipinski definition) is 2. The Hall–Kier alpha value is -1.32. The van der Waals surface area contributed by atoms with Gasteiger partial charge < -0.3 is 5.11 Å². The van der Waals surface area contributed by atoms with Gasteiger partial charge in [-0.1, -0.05) is 23.7 Å². The molecule has 0 saturated carbocycles. The van der Waals surface area contributed by atoms with Crippen LogP contribution in [-0.4, -0.2) is 16.1 Å². The van der Waals surface area contributed by atoms with Gasteiger partial charge in [0.2, 0.25) is 0 Å². The van der Waals surface area contributed by atoms with Gasteiger partial charge in [-0.15, -0.1) is 12.4 Å². The Bertz CT molecular complexity index is 514. The predicted octanol–water partition coefficient (Wildman–Crippen LogP) is 3.01. The van der Waals surface area contributed by atoms with E-state index in [9.17, 15) is 4.79 Å². The summed E-state index contributed by atoms with van der Waals surface area (Å²) in [6.45, 7) is 0. The van der Waals surface area contributed by atoms with Crippen molar-refractivity contribution in [2.75, 3.05) is 0 Å². The summed E-state index contributed by atoms with van der Waals surface area (Å²) in [4.78, 5) is 14.7. The zero-order valence-electron chi connectivity index (χ0n) is 7.48. The van der Waals surface area contributed by atoms with Crippen molar-refractivity contribution in [2.24, 2.45) is 0 Å². The standard InChI is InChI=1S/C10H6ClNO2.ClH/c11-9-7-2-1-3-8(10(13)14)6(7)4-5-12-9;/h1-5H,(H,13,14);1H. The van der Waals surface area contributed by atoms with Gasteiger partial charge in [0.05, 0.1) is 5.56 Å². The van der Waals surface area contributed by atoms with Gasteiger partial charge in [-0.05, 0) is 12.1 Å². The number of pyridine rings is 1. The fraction of sp³-hybridized carbons (Fsp3) is 0. The molecule has 0 spiro atoms. The van der Waals surface area contributed by atoms with Crippen molar-refractivity contribution >= 4 is 40.7 Å². The van der Waals surface area contributed by atoms with Crippen LogP contribution < -0.4 is 0 Å². The second-order valence-electron chi connectivity index (χ2n) is 2.81. The smallest absolute Gasteiger partial charge is 0.336 e. The minimum Gasteiger partial charge on any atom is -0.478 e. The number of carbonyl (C=O) groups is 1. The van der Waals surface area contributed by atoms with Crippen LogP contribution in [0.25, 0.3) is 10.8 Å². The van der Waals surface area contributed by atoms with Crippen LogP contribution in [0.1, 0.15) is 10.4 Å².